The summed E-state index contributed by atoms with van der Waals surface area (Å²) in [6, 6.07) is 12.7. The van der Waals surface area contributed by atoms with Crippen molar-refractivity contribution in [3.8, 4) is 5.75 Å². The summed E-state index contributed by atoms with van der Waals surface area (Å²) in [4.78, 5) is 13.8. The second-order valence-corrected chi connectivity index (χ2v) is 9.46. The molecule has 29 heavy (non-hydrogen) atoms. The Morgan fingerprint density at radius 3 is 2.52 bits per heavy atom. The van der Waals surface area contributed by atoms with Gasteiger partial charge in [-0.15, -0.1) is 0 Å². The SMILES string of the molecule is CC(=O)N1c2ccc(S(=O)(=O)NCCc3ccc(OC(C)C)cc3)cc2CC1C. The van der Waals surface area contributed by atoms with Crippen molar-refractivity contribution in [1.29, 1.82) is 0 Å². The quantitative estimate of drug-likeness (QED) is 0.751. The van der Waals surface area contributed by atoms with Gasteiger partial charge in [0.25, 0.3) is 0 Å². The maximum absolute atomic E-state index is 12.7. The zero-order valence-electron chi connectivity index (χ0n) is 17.3. The van der Waals surface area contributed by atoms with Gasteiger partial charge in [-0.1, -0.05) is 12.1 Å². The summed E-state index contributed by atoms with van der Waals surface area (Å²) in [5.74, 6) is 0.770. The number of rotatable bonds is 7. The van der Waals surface area contributed by atoms with E-state index in [1.54, 1.807) is 23.1 Å². The lowest BCUT2D eigenvalue weighted by molar-refractivity contribution is -0.116. The van der Waals surface area contributed by atoms with E-state index in [0.29, 0.717) is 19.4 Å². The Hall–Kier alpha value is -2.38. The summed E-state index contributed by atoms with van der Waals surface area (Å²) in [5, 5.41) is 0. The topological polar surface area (TPSA) is 75.7 Å². The molecule has 2 aromatic carbocycles. The molecule has 0 radical (unpaired) electrons. The number of carbonyl (C=O) groups excluding carboxylic acids is 1. The Kier molecular flexibility index (Phi) is 6.29. The van der Waals surface area contributed by atoms with E-state index in [4.69, 9.17) is 4.74 Å². The average Bonchev–Trinajstić information content (AvgIpc) is 2.97. The summed E-state index contributed by atoms with van der Waals surface area (Å²) < 4.78 is 33.6. The summed E-state index contributed by atoms with van der Waals surface area (Å²) >= 11 is 0. The highest BCUT2D eigenvalue weighted by Gasteiger charge is 2.30. The van der Waals surface area contributed by atoms with Gasteiger partial charge in [0.15, 0.2) is 0 Å². The molecule has 2 aromatic rings. The first-order valence-corrected chi connectivity index (χ1v) is 11.3. The fourth-order valence-electron chi connectivity index (χ4n) is 3.67. The molecule has 1 aliphatic rings. The van der Waals surface area contributed by atoms with Crippen molar-refractivity contribution in [2.24, 2.45) is 0 Å². The molecule has 1 amide bonds. The smallest absolute Gasteiger partial charge is 0.240 e. The van der Waals surface area contributed by atoms with Crippen molar-refractivity contribution in [2.45, 2.75) is 57.6 Å². The van der Waals surface area contributed by atoms with Crippen molar-refractivity contribution < 1.29 is 17.9 Å². The molecule has 0 saturated heterocycles. The number of nitrogens with one attached hydrogen (secondary N) is 1. The molecular weight excluding hydrogens is 388 g/mol. The molecule has 3 rings (SSSR count). The van der Waals surface area contributed by atoms with E-state index in [1.807, 2.05) is 45.0 Å². The predicted molar refractivity (Wildman–Crippen MR) is 114 cm³/mol. The number of hydrogen-bond donors (Lipinski definition) is 1. The standard InChI is InChI=1S/C22H28N2O4S/c1-15(2)28-20-7-5-18(6-8-20)11-12-23-29(26,27)21-9-10-22-19(14-21)13-16(3)24(22)17(4)25/h5-10,14-16,23H,11-13H2,1-4H3. The van der Waals surface area contributed by atoms with Crippen LogP contribution in [0.15, 0.2) is 47.4 Å². The maximum atomic E-state index is 12.7. The Morgan fingerprint density at radius 2 is 1.90 bits per heavy atom. The third kappa shape index (κ3) is 4.97. The van der Waals surface area contributed by atoms with Crippen molar-refractivity contribution >= 4 is 21.6 Å². The molecule has 0 spiro atoms. The van der Waals surface area contributed by atoms with E-state index in [0.717, 1.165) is 22.6 Å². The van der Waals surface area contributed by atoms with Crippen LogP contribution < -0.4 is 14.4 Å². The molecule has 7 heteroatoms. The molecule has 1 aliphatic heterocycles. The minimum atomic E-state index is -3.61. The number of hydrogen-bond acceptors (Lipinski definition) is 4. The van der Waals surface area contributed by atoms with Gasteiger partial charge in [-0.05, 0) is 75.1 Å². The van der Waals surface area contributed by atoms with Crippen LogP contribution in [-0.2, 0) is 27.7 Å². The lowest BCUT2D eigenvalue weighted by atomic mass is 10.1. The summed E-state index contributed by atoms with van der Waals surface area (Å²) in [7, 11) is -3.61. The molecule has 156 valence electrons. The monoisotopic (exact) mass is 416 g/mol. The van der Waals surface area contributed by atoms with E-state index in [2.05, 4.69) is 4.72 Å². The molecule has 0 saturated carbocycles. The Bertz CT molecular complexity index is 984. The summed E-state index contributed by atoms with van der Waals surface area (Å²) in [6.45, 7) is 7.74. The number of anilines is 1. The third-order valence-corrected chi connectivity index (χ3v) is 6.38. The van der Waals surface area contributed by atoms with Crippen LogP contribution in [0.2, 0.25) is 0 Å². The minimum absolute atomic E-state index is 0.0326. The van der Waals surface area contributed by atoms with Gasteiger partial charge in [0.05, 0.1) is 11.0 Å². The molecule has 1 unspecified atom stereocenters. The van der Waals surface area contributed by atoms with E-state index < -0.39 is 10.0 Å². The number of nitrogens with zero attached hydrogens (tertiary/aromatic N) is 1. The molecule has 6 nitrogen and oxygen atoms in total. The van der Waals surface area contributed by atoms with E-state index in [-0.39, 0.29) is 22.9 Å². The van der Waals surface area contributed by atoms with Crippen LogP contribution in [0.3, 0.4) is 0 Å². The number of amides is 1. The Morgan fingerprint density at radius 1 is 1.21 bits per heavy atom. The highest BCUT2D eigenvalue weighted by molar-refractivity contribution is 7.89. The number of sulfonamides is 1. The van der Waals surface area contributed by atoms with Crippen LogP contribution in [0, 0.1) is 0 Å². The third-order valence-electron chi connectivity index (χ3n) is 4.92. The normalized spacial score (nSPS) is 16.2. The summed E-state index contributed by atoms with van der Waals surface area (Å²) in [6.07, 6.45) is 1.36. The molecule has 0 fully saturated rings. The number of ether oxygens (including phenoxy) is 1. The lowest BCUT2D eigenvalue weighted by Gasteiger charge is -2.20. The zero-order valence-corrected chi connectivity index (χ0v) is 18.1. The first kappa shape index (κ1) is 21.3. The molecular formula is C22H28N2O4S. The maximum Gasteiger partial charge on any atom is 0.240 e. The average molecular weight is 417 g/mol. The number of carbonyl (C=O) groups is 1. The van der Waals surface area contributed by atoms with Crippen LogP contribution in [0.25, 0.3) is 0 Å². The van der Waals surface area contributed by atoms with Crippen LogP contribution in [0.5, 0.6) is 5.75 Å². The van der Waals surface area contributed by atoms with Crippen molar-refractivity contribution in [3.63, 3.8) is 0 Å². The number of fused-ring (bicyclic) bond motifs is 1. The van der Waals surface area contributed by atoms with E-state index in [9.17, 15) is 13.2 Å². The number of benzene rings is 2. The fraction of sp³-hybridized carbons (Fsp3) is 0.409. The molecule has 1 heterocycles. The Balaban J connectivity index is 1.63. The van der Waals surface area contributed by atoms with Gasteiger partial charge in [-0.2, -0.15) is 0 Å². The van der Waals surface area contributed by atoms with Gasteiger partial charge in [-0.25, -0.2) is 13.1 Å². The molecule has 0 aliphatic carbocycles. The van der Waals surface area contributed by atoms with Crippen LogP contribution in [0.4, 0.5) is 5.69 Å². The molecule has 1 N–H and O–H groups in total. The predicted octanol–water partition coefficient (Wildman–Crippen LogP) is 3.29. The van der Waals surface area contributed by atoms with Gasteiger partial charge in [-0.3, -0.25) is 4.79 Å². The second kappa shape index (κ2) is 8.55. The molecule has 0 bridgehead atoms. The van der Waals surface area contributed by atoms with Crippen molar-refractivity contribution in [3.05, 3.63) is 53.6 Å². The highest BCUT2D eigenvalue weighted by atomic mass is 32.2. The zero-order chi connectivity index (χ0) is 21.2. The van der Waals surface area contributed by atoms with Crippen LogP contribution in [-0.4, -0.2) is 33.0 Å². The molecule has 1 atom stereocenters. The van der Waals surface area contributed by atoms with E-state index in [1.165, 1.54) is 6.92 Å². The van der Waals surface area contributed by atoms with Gasteiger partial charge < -0.3 is 9.64 Å². The van der Waals surface area contributed by atoms with Crippen LogP contribution in [0.1, 0.15) is 38.8 Å². The second-order valence-electron chi connectivity index (χ2n) is 7.69. The van der Waals surface area contributed by atoms with Crippen LogP contribution >= 0.6 is 0 Å². The first-order valence-electron chi connectivity index (χ1n) is 9.85. The van der Waals surface area contributed by atoms with Gasteiger partial charge in [0.1, 0.15) is 5.75 Å². The first-order chi connectivity index (χ1) is 13.7. The van der Waals surface area contributed by atoms with Crippen molar-refractivity contribution in [2.75, 3.05) is 11.4 Å². The Labute approximate surface area is 172 Å². The largest absolute Gasteiger partial charge is 0.491 e. The van der Waals surface area contributed by atoms with E-state index >= 15 is 0 Å². The minimum Gasteiger partial charge on any atom is -0.491 e. The highest BCUT2D eigenvalue weighted by Crippen LogP contribution is 2.33. The van der Waals surface area contributed by atoms with Gasteiger partial charge in [0.2, 0.25) is 15.9 Å². The van der Waals surface area contributed by atoms with Gasteiger partial charge >= 0.3 is 0 Å². The lowest BCUT2D eigenvalue weighted by Crippen LogP contribution is -2.33. The van der Waals surface area contributed by atoms with Crippen molar-refractivity contribution in [1.82, 2.24) is 4.72 Å². The molecule has 0 aromatic heterocycles. The van der Waals surface area contributed by atoms with Gasteiger partial charge in [0, 0.05) is 25.2 Å². The fourth-order valence-corrected chi connectivity index (χ4v) is 4.76. The summed E-state index contributed by atoms with van der Waals surface area (Å²) in [5.41, 5.74) is 2.72.